The van der Waals surface area contributed by atoms with E-state index in [-0.39, 0.29) is 31.0 Å². The number of aromatic nitrogens is 1. The lowest BCUT2D eigenvalue weighted by Crippen LogP contribution is -2.27. The van der Waals surface area contributed by atoms with Crippen LogP contribution in [0.4, 0.5) is 9.57 Å². The summed E-state index contributed by atoms with van der Waals surface area (Å²) in [5.41, 5.74) is 1.11. The molecule has 126 valence electrons. The van der Waals surface area contributed by atoms with Gasteiger partial charge in [0.2, 0.25) is 5.91 Å². The lowest BCUT2D eigenvalue weighted by molar-refractivity contribution is -0.117. The molecule has 0 aliphatic carbocycles. The Labute approximate surface area is 133 Å². The average molecular weight is 344 g/mol. The Kier molecular flexibility index (Phi) is 4.98. The lowest BCUT2D eigenvalue weighted by atomic mass is 10.1. The minimum Gasteiger partial charge on any atom is -0.462 e. The molecule has 1 unspecified atom stereocenters. The molecule has 0 N–H and O–H groups in total. The van der Waals surface area contributed by atoms with E-state index in [9.17, 15) is 21.9 Å². The second kappa shape index (κ2) is 6.61. The van der Waals surface area contributed by atoms with Crippen LogP contribution in [0.5, 0.6) is 0 Å². The van der Waals surface area contributed by atoms with Crippen LogP contribution >= 0.6 is 0 Å². The van der Waals surface area contributed by atoms with E-state index in [2.05, 4.69) is 4.98 Å². The molecule has 1 fully saturated rings. The first kappa shape index (κ1) is 17.3. The number of pyridine rings is 1. The fourth-order valence-electron chi connectivity index (χ4n) is 2.53. The number of aryl methyl sites for hydroxylation is 1. The zero-order valence-electron chi connectivity index (χ0n) is 12.8. The lowest BCUT2D eigenvalue weighted by Gasteiger charge is -2.19. The third-order valence-corrected chi connectivity index (χ3v) is 4.37. The molecule has 1 aliphatic rings. The molecule has 2 heterocycles. The monoisotopic (exact) mass is 344 g/mol. The van der Waals surface area contributed by atoms with E-state index >= 15 is 0 Å². The summed E-state index contributed by atoms with van der Waals surface area (Å²) in [7, 11) is -4.64. The van der Waals surface area contributed by atoms with Gasteiger partial charge >= 0.3 is 16.2 Å². The van der Waals surface area contributed by atoms with Crippen LogP contribution in [0.2, 0.25) is 0 Å². The molecular weight excluding hydrogens is 327 g/mol. The molecule has 1 amide bonds. The van der Waals surface area contributed by atoms with Crippen molar-refractivity contribution in [3.63, 3.8) is 0 Å². The van der Waals surface area contributed by atoms with Crippen LogP contribution in [-0.4, -0.2) is 44.2 Å². The number of nitrogens with zero attached hydrogens (tertiary/aromatic N) is 2. The molecule has 9 heteroatoms. The third kappa shape index (κ3) is 4.25. The number of halogens is 1. The van der Waals surface area contributed by atoms with E-state index in [1.54, 1.807) is 13.8 Å². The van der Waals surface area contributed by atoms with E-state index in [1.807, 2.05) is 0 Å². The van der Waals surface area contributed by atoms with Gasteiger partial charge in [0.05, 0.1) is 29.3 Å². The average Bonchev–Trinajstić information content (AvgIpc) is 2.77. The van der Waals surface area contributed by atoms with E-state index in [1.165, 1.54) is 17.2 Å². The van der Waals surface area contributed by atoms with E-state index in [4.69, 9.17) is 4.74 Å². The third-order valence-electron chi connectivity index (χ3n) is 3.50. The van der Waals surface area contributed by atoms with Crippen molar-refractivity contribution < 1.29 is 26.6 Å². The van der Waals surface area contributed by atoms with Gasteiger partial charge in [-0.3, -0.25) is 9.78 Å². The van der Waals surface area contributed by atoms with Crippen LogP contribution in [0.3, 0.4) is 0 Å². The highest BCUT2D eigenvalue weighted by Gasteiger charge is 2.34. The van der Waals surface area contributed by atoms with E-state index in [0.717, 1.165) is 0 Å². The highest BCUT2D eigenvalue weighted by atomic mass is 32.3. The molecule has 0 bridgehead atoms. The Hall–Kier alpha value is -2.03. The summed E-state index contributed by atoms with van der Waals surface area (Å²) in [5.74, 6) is -2.21. The highest BCUT2D eigenvalue weighted by molar-refractivity contribution is 7.86. The van der Waals surface area contributed by atoms with Gasteiger partial charge in [0.1, 0.15) is 0 Å². The summed E-state index contributed by atoms with van der Waals surface area (Å²) < 4.78 is 39.2. The Balaban J connectivity index is 2.26. The van der Waals surface area contributed by atoms with Gasteiger partial charge in [-0.1, -0.05) is 0 Å². The van der Waals surface area contributed by atoms with Crippen LogP contribution in [0.15, 0.2) is 12.3 Å². The molecule has 1 aromatic rings. The SMILES string of the molecule is CCOC(=O)c1cnc(C)c(N2CC(CS(=O)(=O)F)CC2=O)c1. The second-order valence-corrected chi connectivity index (χ2v) is 6.74. The van der Waals surface area contributed by atoms with Gasteiger partial charge in [-0.2, -0.15) is 8.42 Å². The van der Waals surface area contributed by atoms with E-state index < -0.39 is 27.9 Å². The number of anilines is 1. The molecule has 0 saturated carbocycles. The fraction of sp³-hybridized carbons (Fsp3) is 0.500. The molecular formula is C14H17FN2O5S. The van der Waals surface area contributed by atoms with Crippen LogP contribution in [0, 0.1) is 12.8 Å². The Bertz CT molecular complexity index is 735. The number of esters is 1. The van der Waals surface area contributed by atoms with Gasteiger partial charge in [-0.05, 0) is 19.9 Å². The van der Waals surface area contributed by atoms with Crippen molar-refractivity contribution in [1.82, 2.24) is 4.98 Å². The number of hydrogen-bond acceptors (Lipinski definition) is 6. The summed E-state index contributed by atoms with van der Waals surface area (Å²) in [6.45, 7) is 3.61. The minimum absolute atomic E-state index is 0.0633. The Morgan fingerprint density at radius 2 is 2.22 bits per heavy atom. The maximum atomic E-state index is 12.8. The predicted molar refractivity (Wildman–Crippen MR) is 80.3 cm³/mol. The van der Waals surface area contributed by atoms with Crippen molar-refractivity contribution in [1.29, 1.82) is 0 Å². The number of amides is 1. The maximum Gasteiger partial charge on any atom is 0.339 e. The summed E-state index contributed by atoms with van der Waals surface area (Å²) in [6.07, 6.45) is 1.28. The first-order chi connectivity index (χ1) is 10.7. The van der Waals surface area contributed by atoms with Gasteiger partial charge in [0.25, 0.3) is 0 Å². The minimum atomic E-state index is -4.64. The summed E-state index contributed by atoms with van der Waals surface area (Å²) in [4.78, 5) is 29.3. The molecule has 1 aliphatic heterocycles. The van der Waals surface area contributed by atoms with Crippen molar-refractivity contribution in [3.05, 3.63) is 23.5 Å². The molecule has 0 radical (unpaired) electrons. The van der Waals surface area contributed by atoms with Gasteiger partial charge in [0.15, 0.2) is 0 Å². The molecule has 1 aromatic heterocycles. The summed E-state index contributed by atoms with van der Waals surface area (Å²) in [6, 6.07) is 1.48. The quantitative estimate of drug-likeness (QED) is 0.589. The van der Waals surface area contributed by atoms with Crippen LogP contribution < -0.4 is 4.90 Å². The normalized spacial score (nSPS) is 18.3. The number of carbonyl (C=O) groups excluding carboxylic acids is 2. The fourth-order valence-corrected chi connectivity index (χ4v) is 3.31. The van der Waals surface area contributed by atoms with Gasteiger partial charge in [-0.15, -0.1) is 3.89 Å². The molecule has 1 saturated heterocycles. The first-order valence-corrected chi connectivity index (χ1v) is 8.63. The molecule has 23 heavy (non-hydrogen) atoms. The standard InChI is InChI=1S/C14H17FN2O5S/c1-3-22-14(19)11-5-12(9(2)16-6-11)17-7-10(4-13(17)18)8-23(15,20)21/h5-6,10H,3-4,7-8H2,1-2H3. The molecule has 2 rings (SSSR count). The maximum absolute atomic E-state index is 12.8. The number of rotatable bonds is 5. The van der Waals surface area contributed by atoms with Crippen LogP contribution in [-0.2, 0) is 19.8 Å². The molecule has 0 aromatic carbocycles. The molecule has 7 nitrogen and oxygen atoms in total. The van der Waals surface area contributed by atoms with Crippen LogP contribution in [0.1, 0.15) is 29.4 Å². The van der Waals surface area contributed by atoms with Crippen molar-refractivity contribution in [2.45, 2.75) is 20.3 Å². The predicted octanol–water partition coefficient (Wildman–Crippen LogP) is 1.22. The van der Waals surface area contributed by atoms with Crippen molar-refractivity contribution in [3.8, 4) is 0 Å². The summed E-state index contributed by atoms with van der Waals surface area (Å²) in [5, 5.41) is 0. The zero-order chi connectivity index (χ0) is 17.2. The topological polar surface area (TPSA) is 93.6 Å². The molecule has 0 spiro atoms. The van der Waals surface area contributed by atoms with Crippen molar-refractivity contribution >= 4 is 27.8 Å². The molecule has 1 atom stereocenters. The smallest absolute Gasteiger partial charge is 0.339 e. The zero-order valence-corrected chi connectivity index (χ0v) is 13.6. The van der Waals surface area contributed by atoms with Crippen molar-refractivity contribution in [2.24, 2.45) is 5.92 Å². The summed E-state index contributed by atoms with van der Waals surface area (Å²) >= 11 is 0. The Morgan fingerprint density at radius 3 is 2.83 bits per heavy atom. The second-order valence-electron chi connectivity index (χ2n) is 5.33. The van der Waals surface area contributed by atoms with Gasteiger partial charge in [0, 0.05) is 25.1 Å². The van der Waals surface area contributed by atoms with E-state index in [0.29, 0.717) is 11.4 Å². The first-order valence-electron chi connectivity index (χ1n) is 7.07. The van der Waals surface area contributed by atoms with Crippen molar-refractivity contribution in [2.75, 3.05) is 23.8 Å². The van der Waals surface area contributed by atoms with Crippen LogP contribution in [0.25, 0.3) is 0 Å². The number of carbonyl (C=O) groups is 2. The van der Waals surface area contributed by atoms with Gasteiger partial charge < -0.3 is 9.64 Å². The number of hydrogen-bond donors (Lipinski definition) is 0. The highest BCUT2D eigenvalue weighted by Crippen LogP contribution is 2.28. The van der Waals surface area contributed by atoms with Gasteiger partial charge in [-0.25, -0.2) is 4.79 Å². The number of ether oxygens (including phenoxy) is 1. The Morgan fingerprint density at radius 1 is 1.52 bits per heavy atom. The largest absolute Gasteiger partial charge is 0.462 e.